The van der Waals surface area contributed by atoms with Crippen LogP contribution in [-0.2, 0) is 9.84 Å². The van der Waals surface area contributed by atoms with Crippen molar-refractivity contribution >= 4 is 9.84 Å². The number of nitrogens with one attached hydrogen (secondary N) is 1. The summed E-state index contributed by atoms with van der Waals surface area (Å²) in [5, 5.41) is 3.16. The van der Waals surface area contributed by atoms with Crippen molar-refractivity contribution in [2.45, 2.75) is 62.6 Å². The molecule has 118 valence electrons. The van der Waals surface area contributed by atoms with Crippen LogP contribution < -0.4 is 5.32 Å². The molecule has 21 heavy (non-hydrogen) atoms. The SMILES string of the molecule is CCCNC1CCC(C)CC1S(=O)(=O)c1cccc(C)c1. The van der Waals surface area contributed by atoms with Crippen molar-refractivity contribution in [1.29, 1.82) is 0 Å². The van der Waals surface area contributed by atoms with Crippen molar-refractivity contribution in [2.75, 3.05) is 6.54 Å². The fourth-order valence-corrected chi connectivity index (χ4v) is 5.42. The Balaban J connectivity index is 2.29. The smallest absolute Gasteiger partial charge is 0.182 e. The highest BCUT2D eigenvalue weighted by atomic mass is 32.2. The molecule has 0 bridgehead atoms. The first kappa shape index (κ1) is 16.5. The molecule has 4 heteroatoms. The van der Waals surface area contributed by atoms with E-state index in [0.29, 0.717) is 10.8 Å². The molecule has 3 unspecified atom stereocenters. The molecule has 0 aliphatic heterocycles. The molecular weight excluding hydrogens is 282 g/mol. The van der Waals surface area contributed by atoms with E-state index in [4.69, 9.17) is 0 Å². The zero-order valence-electron chi connectivity index (χ0n) is 13.3. The highest BCUT2D eigenvalue weighted by Crippen LogP contribution is 2.32. The van der Waals surface area contributed by atoms with Gasteiger partial charge in [0.15, 0.2) is 9.84 Å². The number of hydrogen-bond donors (Lipinski definition) is 1. The predicted molar refractivity (Wildman–Crippen MR) is 87.2 cm³/mol. The Morgan fingerprint density at radius 1 is 1.29 bits per heavy atom. The molecule has 1 aromatic rings. The molecule has 1 aromatic carbocycles. The summed E-state index contributed by atoms with van der Waals surface area (Å²) in [6.45, 7) is 7.10. The van der Waals surface area contributed by atoms with Crippen molar-refractivity contribution in [2.24, 2.45) is 5.92 Å². The highest BCUT2D eigenvalue weighted by Gasteiger charge is 2.38. The van der Waals surface area contributed by atoms with Gasteiger partial charge in [0.1, 0.15) is 0 Å². The van der Waals surface area contributed by atoms with Gasteiger partial charge in [-0.05, 0) is 62.8 Å². The van der Waals surface area contributed by atoms with E-state index in [1.807, 2.05) is 19.1 Å². The van der Waals surface area contributed by atoms with Crippen LogP contribution in [0.25, 0.3) is 0 Å². The molecule has 1 aliphatic rings. The van der Waals surface area contributed by atoms with Gasteiger partial charge < -0.3 is 5.32 Å². The van der Waals surface area contributed by atoms with Crippen LogP contribution in [0, 0.1) is 12.8 Å². The normalized spacial score (nSPS) is 26.7. The molecule has 0 heterocycles. The minimum atomic E-state index is -3.26. The van der Waals surface area contributed by atoms with Crippen LogP contribution >= 0.6 is 0 Å². The third kappa shape index (κ3) is 3.86. The van der Waals surface area contributed by atoms with Crippen LogP contribution in [0.2, 0.25) is 0 Å². The Morgan fingerprint density at radius 3 is 2.71 bits per heavy atom. The van der Waals surface area contributed by atoms with E-state index >= 15 is 0 Å². The average molecular weight is 309 g/mol. The van der Waals surface area contributed by atoms with E-state index in [9.17, 15) is 8.42 Å². The van der Waals surface area contributed by atoms with Crippen LogP contribution in [0.3, 0.4) is 0 Å². The maximum Gasteiger partial charge on any atom is 0.182 e. The van der Waals surface area contributed by atoms with Crippen molar-refractivity contribution in [3.63, 3.8) is 0 Å². The summed E-state index contributed by atoms with van der Waals surface area (Å²) in [7, 11) is -3.26. The van der Waals surface area contributed by atoms with Crippen molar-refractivity contribution in [3.05, 3.63) is 29.8 Å². The lowest BCUT2D eigenvalue weighted by atomic mass is 9.87. The molecule has 0 aromatic heterocycles. The van der Waals surface area contributed by atoms with Crippen LogP contribution in [0.15, 0.2) is 29.2 Å². The number of sulfone groups is 1. The number of rotatable bonds is 5. The Labute approximate surface area is 129 Å². The number of aryl methyl sites for hydroxylation is 1. The number of benzene rings is 1. The second-order valence-corrected chi connectivity index (χ2v) is 8.55. The lowest BCUT2D eigenvalue weighted by Gasteiger charge is -2.35. The van der Waals surface area contributed by atoms with Gasteiger partial charge in [-0.1, -0.05) is 26.0 Å². The molecule has 1 aliphatic carbocycles. The molecule has 0 saturated heterocycles. The van der Waals surface area contributed by atoms with Gasteiger partial charge in [-0.15, -0.1) is 0 Å². The summed E-state index contributed by atoms with van der Waals surface area (Å²) in [6, 6.07) is 7.40. The highest BCUT2D eigenvalue weighted by molar-refractivity contribution is 7.92. The van der Waals surface area contributed by atoms with Gasteiger partial charge in [0.25, 0.3) is 0 Å². The van der Waals surface area contributed by atoms with Gasteiger partial charge in [0, 0.05) is 6.04 Å². The maximum atomic E-state index is 13.0. The Hall–Kier alpha value is -0.870. The molecule has 0 amide bonds. The fourth-order valence-electron chi connectivity index (χ4n) is 3.20. The van der Waals surface area contributed by atoms with Gasteiger partial charge in [-0.25, -0.2) is 8.42 Å². The average Bonchev–Trinajstić information content (AvgIpc) is 2.46. The lowest BCUT2D eigenvalue weighted by Crippen LogP contribution is -2.48. The summed E-state index contributed by atoms with van der Waals surface area (Å²) in [4.78, 5) is 0.477. The second kappa shape index (κ2) is 6.93. The van der Waals surface area contributed by atoms with Gasteiger partial charge in [-0.2, -0.15) is 0 Å². The summed E-state index contributed by atoms with van der Waals surface area (Å²) in [5.41, 5.74) is 0.998. The zero-order chi connectivity index (χ0) is 15.5. The molecule has 3 atom stereocenters. The molecule has 1 saturated carbocycles. The van der Waals surface area contributed by atoms with Gasteiger partial charge in [0.05, 0.1) is 10.1 Å². The van der Waals surface area contributed by atoms with Gasteiger partial charge >= 0.3 is 0 Å². The standard InChI is InChI=1S/C17H27NO2S/c1-4-10-18-16-9-8-14(3)12-17(16)21(19,20)15-7-5-6-13(2)11-15/h5-7,11,14,16-18H,4,8-10,12H2,1-3H3. The minimum Gasteiger partial charge on any atom is -0.313 e. The molecule has 2 rings (SSSR count). The van der Waals surface area contributed by atoms with Crippen LogP contribution in [0.4, 0.5) is 0 Å². The molecular formula is C17H27NO2S. The van der Waals surface area contributed by atoms with Gasteiger partial charge in [-0.3, -0.25) is 0 Å². The van der Waals surface area contributed by atoms with Crippen LogP contribution in [-0.4, -0.2) is 26.3 Å². The maximum absolute atomic E-state index is 13.0. The first-order chi connectivity index (χ1) is 9.95. The predicted octanol–water partition coefficient (Wildman–Crippen LogP) is 3.33. The molecule has 1 fully saturated rings. The Kier molecular flexibility index (Phi) is 5.44. The third-order valence-corrected chi connectivity index (χ3v) is 6.66. The van der Waals surface area contributed by atoms with Crippen LogP contribution in [0.5, 0.6) is 0 Å². The third-order valence-electron chi connectivity index (χ3n) is 4.43. The fraction of sp³-hybridized carbons (Fsp3) is 0.647. The number of hydrogen-bond acceptors (Lipinski definition) is 3. The quantitative estimate of drug-likeness (QED) is 0.907. The topological polar surface area (TPSA) is 46.2 Å². The van der Waals surface area contributed by atoms with E-state index in [0.717, 1.165) is 37.8 Å². The monoisotopic (exact) mass is 309 g/mol. The Bertz CT molecular complexity index is 566. The summed E-state index contributed by atoms with van der Waals surface area (Å²) < 4.78 is 26.0. The van der Waals surface area contributed by atoms with Crippen LogP contribution in [0.1, 0.15) is 45.1 Å². The first-order valence-corrected chi connectivity index (χ1v) is 9.53. The first-order valence-electron chi connectivity index (χ1n) is 7.99. The van der Waals surface area contributed by atoms with Crippen molar-refractivity contribution in [3.8, 4) is 0 Å². The molecule has 1 N–H and O–H groups in total. The lowest BCUT2D eigenvalue weighted by molar-refractivity contribution is 0.308. The van der Waals surface area contributed by atoms with E-state index in [1.54, 1.807) is 12.1 Å². The van der Waals surface area contributed by atoms with E-state index in [-0.39, 0.29) is 11.3 Å². The van der Waals surface area contributed by atoms with E-state index < -0.39 is 9.84 Å². The molecule has 0 radical (unpaired) electrons. The minimum absolute atomic E-state index is 0.0895. The van der Waals surface area contributed by atoms with Gasteiger partial charge in [0.2, 0.25) is 0 Å². The second-order valence-electron chi connectivity index (χ2n) is 6.38. The van der Waals surface area contributed by atoms with Crippen molar-refractivity contribution in [1.82, 2.24) is 5.32 Å². The Morgan fingerprint density at radius 2 is 2.05 bits per heavy atom. The largest absolute Gasteiger partial charge is 0.313 e. The van der Waals surface area contributed by atoms with Crippen molar-refractivity contribution < 1.29 is 8.42 Å². The summed E-state index contributed by atoms with van der Waals surface area (Å²) in [5.74, 6) is 0.481. The molecule has 3 nitrogen and oxygen atoms in total. The van der Waals surface area contributed by atoms with E-state index in [2.05, 4.69) is 19.2 Å². The summed E-state index contributed by atoms with van der Waals surface area (Å²) >= 11 is 0. The summed E-state index contributed by atoms with van der Waals surface area (Å²) in [6.07, 6.45) is 3.86. The molecule has 0 spiro atoms. The zero-order valence-corrected chi connectivity index (χ0v) is 14.1. The van der Waals surface area contributed by atoms with E-state index in [1.165, 1.54) is 0 Å².